The first kappa shape index (κ1) is 20.2. The summed E-state index contributed by atoms with van der Waals surface area (Å²) in [6, 6.07) is 4.68. The largest absolute Gasteiger partial charge is 0.416 e. The molecule has 1 aromatic heterocycles. The Morgan fingerprint density at radius 2 is 1.75 bits per heavy atom. The van der Waals surface area contributed by atoms with Gasteiger partial charge in [0, 0.05) is 25.3 Å². The van der Waals surface area contributed by atoms with Crippen LogP contribution in [0.4, 0.5) is 36.2 Å². The fraction of sp³-hybridized carbons (Fsp3) is 0.444. The molecule has 2 heterocycles. The first-order valence-corrected chi connectivity index (χ1v) is 9.02. The number of aromatic nitrogens is 2. The van der Waals surface area contributed by atoms with Crippen LogP contribution in [0.3, 0.4) is 0 Å². The summed E-state index contributed by atoms with van der Waals surface area (Å²) in [6.07, 6.45) is -2.09. The molecule has 0 unspecified atom stereocenters. The fourth-order valence-corrected chi connectivity index (χ4v) is 2.85. The van der Waals surface area contributed by atoms with Crippen molar-refractivity contribution in [1.29, 1.82) is 0 Å². The molecule has 0 radical (unpaired) electrons. The zero-order valence-electron chi connectivity index (χ0n) is 15.3. The van der Waals surface area contributed by atoms with Gasteiger partial charge >= 0.3 is 6.18 Å². The standard InChI is InChI=1S/C18H23F3N6O/c19-18(20,21)13-2-4-14(5-3-13)26-17-15(22)16(24-12-25-17)23-6-1-7-27-8-10-28-11-9-27/h2-5,12H,1,6-11,22H2,(H2,23,24,25,26). The van der Waals surface area contributed by atoms with E-state index < -0.39 is 11.7 Å². The number of anilines is 4. The van der Waals surface area contributed by atoms with E-state index in [0.717, 1.165) is 51.4 Å². The molecule has 10 heteroatoms. The number of nitrogens with one attached hydrogen (secondary N) is 2. The molecule has 152 valence electrons. The van der Waals surface area contributed by atoms with Crippen molar-refractivity contribution in [3.8, 4) is 0 Å². The number of nitrogen functional groups attached to an aromatic ring is 1. The summed E-state index contributed by atoms with van der Waals surface area (Å²) < 4.78 is 43.3. The maximum atomic E-state index is 12.7. The first-order valence-electron chi connectivity index (χ1n) is 9.02. The van der Waals surface area contributed by atoms with Crippen molar-refractivity contribution in [2.24, 2.45) is 0 Å². The number of alkyl halides is 3. The normalized spacial score (nSPS) is 15.4. The van der Waals surface area contributed by atoms with E-state index in [1.54, 1.807) is 0 Å². The molecule has 1 saturated heterocycles. The van der Waals surface area contributed by atoms with E-state index in [1.165, 1.54) is 18.5 Å². The number of nitrogens with zero attached hydrogens (tertiary/aromatic N) is 3. The van der Waals surface area contributed by atoms with Crippen LogP contribution in [0.5, 0.6) is 0 Å². The van der Waals surface area contributed by atoms with E-state index in [-0.39, 0.29) is 0 Å². The molecule has 1 aromatic carbocycles. The van der Waals surface area contributed by atoms with Gasteiger partial charge in [-0.15, -0.1) is 0 Å². The molecule has 1 aliphatic heterocycles. The Morgan fingerprint density at radius 1 is 1.07 bits per heavy atom. The molecule has 0 bridgehead atoms. The van der Waals surface area contributed by atoms with Gasteiger partial charge in [0.1, 0.15) is 12.0 Å². The third kappa shape index (κ3) is 5.46. The summed E-state index contributed by atoms with van der Waals surface area (Å²) in [7, 11) is 0. The van der Waals surface area contributed by atoms with Crippen LogP contribution in [0.1, 0.15) is 12.0 Å². The number of hydrogen-bond donors (Lipinski definition) is 3. The van der Waals surface area contributed by atoms with Crippen LogP contribution in [0.2, 0.25) is 0 Å². The number of benzene rings is 1. The molecule has 0 saturated carbocycles. The average Bonchev–Trinajstić information content (AvgIpc) is 2.68. The highest BCUT2D eigenvalue weighted by Gasteiger charge is 2.29. The lowest BCUT2D eigenvalue weighted by Gasteiger charge is -2.26. The van der Waals surface area contributed by atoms with Crippen molar-refractivity contribution in [3.05, 3.63) is 36.2 Å². The number of nitrogens with two attached hydrogens (primary N) is 1. The van der Waals surface area contributed by atoms with E-state index in [9.17, 15) is 13.2 Å². The maximum Gasteiger partial charge on any atom is 0.416 e. The number of rotatable bonds is 7. The SMILES string of the molecule is Nc1c(NCCCN2CCOCC2)ncnc1Nc1ccc(C(F)(F)F)cc1. The molecule has 0 spiro atoms. The maximum absolute atomic E-state index is 12.7. The van der Waals surface area contributed by atoms with Crippen LogP contribution in [-0.4, -0.2) is 54.3 Å². The van der Waals surface area contributed by atoms with Crippen molar-refractivity contribution in [3.63, 3.8) is 0 Å². The zero-order chi connectivity index (χ0) is 20.0. The molecule has 0 aliphatic carbocycles. The summed E-state index contributed by atoms with van der Waals surface area (Å²) in [5, 5.41) is 6.11. The lowest BCUT2D eigenvalue weighted by Crippen LogP contribution is -2.37. The zero-order valence-corrected chi connectivity index (χ0v) is 15.3. The Labute approximate surface area is 161 Å². The predicted molar refractivity (Wildman–Crippen MR) is 102 cm³/mol. The molecule has 0 atom stereocenters. The molecule has 1 fully saturated rings. The smallest absolute Gasteiger partial charge is 0.393 e. The Morgan fingerprint density at radius 3 is 2.43 bits per heavy atom. The van der Waals surface area contributed by atoms with Gasteiger partial charge in [-0.05, 0) is 37.2 Å². The van der Waals surface area contributed by atoms with Gasteiger partial charge < -0.3 is 21.1 Å². The number of hydrogen-bond acceptors (Lipinski definition) is 7. The third-order valence-corrected chi connectivity index (χ3v) is 4.41. The van der Waals surface area contributed by atoms with E-state index in [2.05, 4.69) is 25.5 Å². The second-order valence-electron chi connectivity index (χ2n) is 6.42. The van der Waals surface area contributed by atoms with Crippen LogP contribution in [0.25, 0.3) is 0 Å². The van der Waals surface area contributed by atoms with Gasteiger partial charge in [-0.3, -0.25) is 4.90 Å². The quantitative estimate of drug-likeness (QED) is 0.620. The Bertz CT molecular complexity index is 763. The number of morpholine rings is 1. The number of halogens is 3. The van der Waals surface area contributed by atoms with Crippen molar-refractivity contribution in [1.82, 2.24) is 14.9 Å². The van der Waals surface area contributed by atoms with Gasteiger partial charge in [0.05, 0.1) is 18.8 Å². The minimum Gasteiger partial charge on any atom is -0.393 e. The van der Waals surface area contributed by atoms with Gasteiger partial charge in [-0.25, -0.2) is 9.97 Å². The summed E-state index contributed by atoms with van der Waals surface area (Å²) in [5.74, 6) is 0.830. The predicted octanol–water partition coefficient (Wildman–Crippen LogP) is 2.96. The fourth-order valence-electron chi connectivity index (χ4n) is 2.85. The minimum absolute atomic E-state index is 0.314. The van der Waals surface area contributed by atoms with Gasteiger partial charge in [0.15, 0.2) is 11.6 Å². The van der Waals surface area contributed by atoms with Crippen molar-refractivity contribution < 1.29 is 17.9 Å². The van der Waals surface area contributed by atoms with Gasteiger partial charge in [-0.2, -0.15) is 13.2 Å². The third-order valence-electron chi connectivity index (χ3n) is 4.41. The second-order valence-corrected chi connectivity index (χ2v) is 6.42. The topological polar surface area (TPSA) is 88.3 Å². The molecule has 1 aliphatic rings. The van der Waals surface area contributed by atoms with Crippen molar-refractivity contribution >= 4 is 23.0 Å². The first-order chi connectivity index (χ1) is 13.4. The van der Waals surface area contributed by atoms with Crippen LogP contribution < -0.4 is 16.4 Å². The van der Waals surface area contributed by atoms with Gasteiger partial charge in [0.2, 0.25) is 0 Å². The summed E-state index contributed by atoms with van der Waals surface area (Å²) in [6.45, 7) is 5.07. The highest BCUT2D eigenvalue weighted by molar-refractivity contribution is 5.77. The molecular weight excluding hydrogens is 373 g/mol. The summed E-state index contributed by atoms with van der Waals surface area (Å²) in [4.78, 5) is 10.6. The monoisotopic (exact) mass is 396 g/mol. The van der Waals surface area contributed by atoms with Crippen molar-refractivity contribution in [2.45, 2.75) is 12.6 Å². The lowest BCUT2D eigenvalue weighted by atomic mass is 10.2. The van der Waals surface area contributed by atoms with E-state index in [4.69, 9.17) is 10.5 Å². The molecule has 2 aromatic rings. The molecular formula is C18H23F3N6O. The number of ether oxygens (including phenoxy) is 1. The molecule has 0 amide bonds. The molecule has 28 heavy (non-hydrogen) atoms. The van der Waals surface area contributed by atoms with Crippen molar-refractivity contribution in [2.75, 3.05) is 55.8 Å². The van der Waals surface area contributed by atoms with E-state index in [0.29, 0.717) is 29.6 Å². The second kappa shape index (κ2) is 9.07. The summed E-state index contributed by atoms with van der Waals surface area (Å²) >= 11 is 0. The average molecular weight is 396 g/mol. The molecule has 4 N–H and O–H groups in total. The van der Waals surface area contributed by atoms with Gasteiger partial charge in [-0.1, -0.05) is 0 Å². The summed E-state index contributed by atoms with van der Waals surface area (Å²) in [5.41, 5.74) is 6.16. The van der Waals surface area contributed by atoms with E-state index >= 15 is 0 Å². The van der Waals surface area contributed by atoms with Gasteiger partial charge in [0.25, 0.3) is 0 Å². The van der Waals surface area contributed by atoms with Crippen LogP contribution in [0.15, 0.2) is 30.6 Å². The van der Waals surface area contributed by atoms with Crippen LogP contribution in [-0.2, 0) is 10.9 Å². The lowest BCUT2D eigenvalue weighted by molar-refractivity contribution is -0.137. The minimum atomic E-state index is -4.37. The van der Waals surface area contributed by atoms with Crippen LogP contribution in [0, 0.1) is 0 Å². The molecule has 7 nitrogen and oxygen atoms in total. The Hall–Kier alpha value is -2.59. The van der Waals surface area contributed by atoms with E-state index in [1.807, 2.05) is 0 Å². The Balaban J connectivity index is 1.55. The molecule has 3 rings (SSSR count). The highest BCUT2D eigenvalue weighted by Crippen LogP contribution is 2.31. The van der Waals surface area contributed by atoms with Crippen LogP contribution >= 0.6 is 0 Å². The highest BCUT2D eigenvalue weighted by atomic mass is 19.4. The Kier molecular flexibility index (Phi) is 6.53.